The Bertz CT molecular complexity index is 155. The zero-order chi connectivity index (χ0) is 5.82. The fourth-order valence-corrected chi connectivity index (χ4v) is 0.941. The summed E-state index contributed by atoms with van der Waals surface area (Å²) in [5, 5.41) is 0.952. The molecule has 0 aromatic heterocycles. The van der Waals surface area contributed by atoms with Gasteiger partial charge >= 0.3 is 29.6 Å². The zero-order valence-corrected chi connectivity index (χ0v) is 9.51. The largest absolute Gasteiger partial charge is 1.00 e. The summed E-state index contributed by atoms with van der Waals surface area (Å²) in [6.45, 7) is 0. The van der Waals surface area contributed by atoms with Gasteiger partial charge in [-0.15, -0.1) is 0 Å². The molecule has 1 rings (SSSR count). The molecule has 0 saturated heterocycles. The molecule has 1 aromatic rings. The molecule has 1 nitrogen and oxygen atoms in total. The maximum absolute atomic E-state index is 3.36. The predicted molar refractivity (Wildman–Crippen MR) is 41.0 cm³/mol. The second-order valence-electron chi connectivity index (χ2n) is 1.62. The van der Waals surface area contributed by atoms with Crippen LogP contribution < -0.4 is 29.6 Å². The van der Waals surface area contributed by atoms with E-state index in [0.717, 1.165) is 5.33 Å². The van der Waals surface area contributed by atoms with Crippen molar-refractivity contribution in [3.05, 3.63) is 35.9 Å². The fraction of sp³-hybridized carbons (Fsp3) is 0.143. The second kappa shape index (κ2) is 7.76. The van der Waals surface area contributed by atoms with Crippen molar-refractivity contribution in [1.82, 2.24) is 0 Å². The molecule has 0 fully saturated rings. The summed E-state index contributed by atoms with van der Waals surface area (Å²) in [7, 11) is 0. The van der Waals surface area contributed by atoms with Crippen molar-refractivity contribution in [2.75, 3.05) is 0 Å². The summed E-state index contributed by atoms with van der Waals surface area (Å²) in [4.78, 5) is 0. The van der Waals surface area contributed by atoms with E-state index >= 15 is 0 Å². The molecule has 0 unspecified atom stereocenters. The minimum atomic E-state index is 0. The maximum Gasteiger partial charge on any atom is 1.00 e. The minimum Gasteiger partial charge on any atom is -0.870 e. The van der Waals surface area contributed by atoms with Gasteiger partial charge in [-0.05, 0) is 5.56 Å². The Hall–Kier alpha value is 0.660. The van der Waals surface area contributed by atoms with Gasteiger partial charge in [0, 0.05) is 5.33 Å². The van der Waals surface area contributed by atoms with Gasteiger partial charge in [0.2, 0.25) is 0 Å². The number of rotatable bonds is 1. The molecule has 0 aliphatic heterocycles. The van der Waals surface area contributed by atoms with Crippen LogP contribution in [0.1, 0.15) is 5.56 Å². The third-order valence-electron chi connectivity index (χ3n) is 0.997. The van der Waals surface area contributed by atoms with E-state index in [1.54, 1.807) is 0 Å². The van der Waals surface area contributed by atoms with Crippen LogP contribution in [0.15, 0.2) is 30.3 Å². The van der Waals surface area contributed by atoms with Crippen LogP contribution in [0.25, 0.3) is 0 Å². The molecule has 0 saturated carbocycles. The first kappa shape index (κ1) is 13.3. The molecule has 10 heavy (non-hydrogen) atoms. The van der Waals surface area contributed by atoms with E-state index in [2.05, 4.69) is 28.1 Å². The summed E-state index contributed by atoms with van der Waals surface area (Å²) in [6, 6.07) is 10.3. The SMILES string of the molecule is BrCc1ccccc1.[Na+].[OH-]. The molecule has 0 amide bonds. The Labute approximate surface area is 91.6 Å². The molecular weight excluding hydrogens is 203 g/mol. The van der Waals surface area contributed by atoms with Crippen molar-refractivity contribution in [2.45, 2.75) is 5.33 Å². The predicted octanol–water partition coefficient (Wildman–Crippen LogP) is -0.591. The molecule has 0 heterocycles. The van der Waals surface area contributed by atoms with Gasteiger partial charge in [-0.2, -0.15) is 0 Å². The monoisotopic (exact) mass is 210 g/mol. The fourth-order valence-electron chi connectivity index (χ4n) is 0.567. The summed E-state index contributed by atoms with van der Waals surface area (Å²) in [5.74, 6) is 0. The first-order valence-electron chi connectivity index (χ1n) is 2.53. The van der Waals surface area contributed by atoms with E-state index in [0.29, 0.717) is 0 Å². The Balaban J connectivity index is 0. The first-order valence-corrected chi connectivity index (χ1v) is 3.65. The Morgan fingerprint density at radius 2 is 1.60 bits per heavy atom. The van der Waals surface area contributed by atoms with E-state index < -0.39 is 0 Å². The summed E-state index contributed by atoms with van der Waals surface area (Å²) in [5.41, 5.74) is 1.33. The van der Waals surface area contributed by atoms with E-state index in [1.807, 2.05) is 18.2 Å². The van der Waals surface area contributed by atoms with Crippen molar-refractivity contribution in [3.63, 3.8) is 0 Å². The molecule has 0 bridgehead atoms. The second-order valence-corrected chi connectivity index (χ2v) is 2.18. The molecule has 0 aliphatic rings. The molecule has 1 aromatic carbocycles. The van der Waals surface area contributed by atoms with Gasteiger partial charge in [-0.25, -0.2) is 0 Å². The smallest absolute Gasteiger partial charge is 0.870 e. The van der Waals surface area contributed by atoms with Crippen molar-refractivity contribution >= 4 is 15.9 Å². The molecular formula is C7H8BrNaO. The van der Waals surface area contributed by atoms with Crippen LogP contribution in [-0.2, 0) is 5.33 Å². The van der Waals surface area contributed by atoms with Gasteiger partial charge in [0.1, 0.15) is 0 Å². The topological polar surface area (TPSA) is 30.0 Å². The minimum absolute atomic E-state index is 0. The van der Waals surface area contributed by atoms with Crippen LogP contribution >= 0.6 is 15.9 Å². The number of hydrogen-bond acceptors (Lipinski definition) is 1. The maximum atomic E-state index is 3.36. The number of benzene rings is 1. The van der Waals surface area contributed by atoms with E-state index in [1.165, 1.54) is 5.56 Å². The standard InChI is InChI=1S/C7H7Br.Na.H2O/c8-6-7-4-2-1-3-5-7;;/h1-5H,6H2;;1H2/q;+1;/p-1. The Morgan fingerprint density at radius 1 is 1.10 bits per heavy atom. The van der Waals surface area contributed by atoms with Gasteiger partial charge in [-0.1, -0.05) is 46.3 Å². The van der Waals surface area contributed by atoms with Crippen LogP contribution in [0, 0.1) is 0 Å². The van der Waals surface area contributed by atoms with Crippen LogP contribution in [0.3, 0.4) is 0 Å². The number of hydrogen-bond donors (Lipinski definition) is 0. The van der Waals surface area contributed by atoms with E-state index in [4.69, 9.17) is 0 Å². The van der Waals surface area contributed by atoms with Crippen LogP contribution in [0.4, 0.5) is 0 Å². The van der Waals surface area contributed by atoms with Gasteiger partial charge in [0.05, 0.1) is 0 Å². The number of alkyl halides is 1. The summed E-state index contributed by atoms with van der Waals surface area (Å²) in [6.07, 6.45) is 0. The Morgan fingerprint density at radius 3 is 1.90 bits per heavy atom. The van der Waals surface area contributed by atoms with Crippen molar-refractivity contribution in [3.8, 4) is 0 Å². The zero-order valence-electron chi connectivity index (χ0n) is 5.92. The van der Waals surface area contributed by atoms with Gasteiger partial charge in [-0.3, -0.25) is 0 Å². The molecule has 0 atom stereocenters. The molecule has 3 heteroatoms. The summed E-state index contributed by atoms with van der Waals surface area (Å²) >= 11 is 3.36. The van der Waals surface area contributed by atoms with E-state index in [9.17, 15) is 0 Å². The number of halogens is 1. The van der Waals surface area contributed by atoms with Crippen molar-refractivity contribution < 1.29 is 35.0 Å². The van der Waals surface area contributed by atoms with Crippen LogP contribution in [0.5, 0.6) is 0 Å². The quantitative estimate of drug-likeness (QED) is 0.451. The van der Waals surface area contributed by atoms with Crippen molar-refractivity contribution in [1.29, 1.82) is 0 Å². The van der Waals surface area contributed by atoms with Crippen LogP contribution in [0.2, 0.25) is 0 Å². The third-order valence-corrected chi connectivity index (χ3v) is 1.64. The van der Waals surface area contributed by atoms with E-state index in [-0.39, 0.29) is 35.0 Å². The van der Waals surface area contributed by atoms with Gasteiger partial charge in [0.15, 0.2) is 0 Å². The molecule has 50 valence electrons. The van der Waals surface area contributed by atoms with Gasteiger partial charge in [0.25, 0.3) is 0 Å². The normalized spacial score (nSPS) is 7.30. The van der Waals surface area contributed by atoms with Crippen molar-refractivity contribution in [2.24, 2.45) is 0 Å². The molecule has 1 N–H and O–H groups in total. The van der Waals surface area contributed by atoms with Crippen LogP contribution in [-0.4, -0.2) is 5.48 Å². The molecule has 0 aliphatic carbocycles. The average molecular weight is 211 g/mol. The molecule has 0 radical (unpaired) electrons. The first-order chi connectivity index (χ1) is 3.93. The summed E-state index contributed by atoms with van der Waals surface area (Å²) < 4.78 is 0. The van der Waals surface area contributed by atoms with Gasteiger partial charge < -0.3 is 5.48 Å². The third kappa shape index (κ3) is 4.47. The molecule has 0 spiro atoms. The Kier molecular flexibility index (Phi) is 10.3. The average Bonchev–Trinajstić information content (AvgIpc) is 1.90.